The number of thioether (sulfide) groups is 1. The summed E-state index contributed by atoms with van der Waals surface area (Å²) in [5.41, 5.74) is 0.871. The van der Waals surface area contributed by atoms with Crippen LogP contribution < -0.4 is 0 Å². The molecule has 0 unspecified atom stereocenters. The molecule has 0 saturated heterocycles. The van der Waals surface area contributed by atoms with Crippen LogP contribution in [0, 0.1) is 5.92 Å². The minimum Gasteiger partial charge on any atom is -0.350 e. The van der Waals surface area contributed by atoms with E-state index in [0.717, 1.165) is 22.4 Å². The first-order valence-electron chi connectivity index (χ1n) is 5.25. The maximum absolute atomic E-state index is 5.16. The molecule has 0 N–H and O–H groups in total. The topological polar surface area (TPSA) is 31.4 Å². The van der Waals surface area contributed by atoms with Gasteiger partial charge in [0.15, 0.2) is 0 Å². The standard InChI is InChI=1S/C11H19NO2S2/c1-8(2)5-15-7-10-12-9(6-16-10)11(13-3)14-4/h6,8,11H,5,7H2,1-4H3. The van der Waals surface area contributed by atoms with Gasteiger partial charge in [-0.1, -0.05) is 13.8 Å². The highest BCUT2D eigenvalue weighted by molar-refractivity contribution is 7.98. The Balaban J connectivity index is 2.44. The highest BCUT2D eigenvalue weighted by Gasteiger charge is 2.13. The van der Waals surface area contributed by atoms with Gasteiger partial charge >= 0.3 is 0 Å². The van der Waals surface area contributed by atoms with Gasteiger partial charge in [-0.3, -0.25) is 0 Å². The lowest BCUT2D eigenvalue weighted by molar-refractivity contribution is -0.108. The molecule has 0 amide bonds. The van der Waals surface area contributed by atoms with Crippen molar-refractivity contribution >= 4 is 23.1 Å². The summed E-state index contributed by atoms with van der Waals surface area (Å²) in [5.74, 6) is 2.88. The fraction of sp³-hybridized carbons (Fsp3) is 0.727. The Hall–Kier alpha value is -0.100. The summed E-state index contributed by atoms with van der Waals surface area (Å²) in [6, 6.07) is 0. The molecule has 16 heavy (non-hydrogen) atoms. The molecule has 0 aliphatic rings. The normalized spacial score (nSPS) is 11.6. The predicted molar refractivity (Wildman–Crippen MR) is 69.9 cm³/mol. The van der Waals surface area contributed by atoms with Crippen molar-refractivity contribution < 1.29 is 9.47 Å². The summed E-state index contributed by atoms with van der Waals surface area (Å²) < 4.78 is 10.3. The molecule has 0 radical (unpaired) electrons. The molecule has 0 aromatic carbocycles. The molecule has 3 nitrogen and oxygen atoms in total. The van der Waals surface area contributed by atoms with Crippen LogP contribution in [0.1, 0.15) is 30.8 Å². The predicted octanol–water partition coefficient (Wildman–Crippen LogP) is 3.32. The van der Waals surface area contributed by atoms with Gasteiger partial charge < -0.3 is 9.47 Å². The van der Waals surface area contributed by atoms with Crippen LogP contribution in [-0.2, 0) is 15.2 Å². The van der Waals surface area contributed by atoms with Gasteiger partial charge in [-0.25, -0.2) is 4.98 Å². The van der Waals surface area contributed by atoms with Crippen LogP contribution in [0.2, 0.25) is 0 Å². The quantitative estimate of drug-likeness (QED) is 0.705. The summed E-state index contributed by atoms with van der Waals surface area (Å²) in [6.45, 7) is 4.46. The highest BCUT2D eigenvalue weighted by atomic mass is 32.2. The maximum Gasteiger partial charge on any atom is 0.201 e. The molecule has 0 saturated carbocycles. The molecular weight excluding hydrogens is 242 g/mol. The monoisotopic (exact) mass is 261 g/mol. The van der Waals surface area contributed by atoms with Gasteiger partial charge in [0.2, 0.25) is 6.29 Å². The third-order valence-corrected chi connectivity index (χ3v) is 4.35. The van der Waals surface area contributed by atoms with Crippen LogP contribution in [0.3, 0.4) is 0 Å². The average molecular weight is 261 g/mol. The molecule has 0 aliphatic carbocycles. The summed E-state index contributed by atoms with van der Waals surface area (Å²) in [7, 11) is 3.25. The van der Waals surface area contributed by atoms with Gasteiger partial charge in [0.1, 0.15) is 10.7 Å². The van der Waals surface area contributed by atoms with Crippen molar-refractivity contribution in [2.24, 2.45) is 5.92 Å². The van der Waals surface area contributed by atoms with Gasteiger partial charge in [0.25, 0.3) is 0 Å². The van der Waals surface area contributed by atoms with E-state index in [1.165, 1.54) is 5.75 Å². The third kappa shape index (κ3) is 4.41. The maximum atomic E-state index is 5.16. The lowest BCUT2D eigenvalue weighted by Crippen LogP contribution is -2.04. The fourth-order valence-electron chi connectivity index (χ4n) is 1.22. The Labute approximate surface area is 106 Å². The molecule has 0 spiro atoms. The smallest absolute Gasteiger partial charge is 0.201 e. The summed E-state index contributed by atoms with van der Waals surface area (Å²) >= 11 is 3.59. The van der Waals surface area contributed by atoms with Crippen molar-refractivity contribution in [3.63, 3.8) is 0 Å². The van der Waals surface area contributed by atoms with Crippen molar-refractivity contribution in [3.8, 4) is 0 Å². The first kappa shape index (κ1) is 14.0. The third-order valence-electron chi connectivity index (χ3n) is 1.92. The molecular formula is C11H19NO2S2. The van der Waals surface area contributed by atoms with E-state index in [-0.39, 0.29) is 6.29 Å². The highest BCUT2D eigenvalue weighted by Crippen LogP contribution is 2.23. The van der Waals surface area contributed by atoms with Gasteiger partial charge in [-0.15, -0.1) is 11.3 Å². The van der Waals surface area contributed by atoms with Crippen LogP contribution in [0.15, 0.2) is 5.38 Å². The van der Waals surface area contributed by atoms with Gasteiger partial charge in [0.05, 0.1) is 0 Å². The SMILES string of the molecule is COC(OC)c1csc(CSCC(C)C)n1. The molecule has 1 aromatic rings. The van der Waals surface area contributed by atoms with Crippen molar-refractivity contribution in [2.45, 2.75) is 25.9 Å². The van der Waals surface area contributed by atoms with E-state index in [1.807, 2.05) is 17.1 Å². The summed E-state index contributed by atoms with van der Waals surface area (Å²) in [4.78, 5) is 4.50. The molecule has 5 heteroatoms. The van der Waals surface area contributed by atoms with E-state index in [4.69, 9.17) is 9.47 Å². The van der Waals surface area contributed by atoms with Crippen molar-refractivity contribution in [2.75, 3.05) is 20.0 Å². The van der Waals surface area contributed by atoms with E-state index >= 15 is 0 Å². The largest absolute Gasteiger partial charge is 0.350 e. The van der Waals surface area contributed by atoms with Crippen LogP contribution in [0.4, 0.5) is 0 Å². The van der Waals surface area contributed by atoms with Gasteiger partial charge in [-0.05, 0) is 11.7 Å². The second-order valence-corrected chi connectivity index (χ2v) is 5.85. The van der Waals surface area contributed by atoms with Crippen molar-refractivity contribution in [1.82, 2.24) is 4.98 Å². The summed E-state index contributed by atoms with van der Waals surface area (Å²) in [6.07, 6.45) is -0.333. The zero-order chi connectivity index (χ0) is 12.0. The van der Waals surface area contributed by atoms with Crippen LogP contribution >= 0.6 is 23.1 Å². The number of hydrogen-bond donors (Lipinski definition) is 0. The summed E-state index contributed by atoms with van der Waals surface area (Å²) in [5, 5.41) is 3.14. The second kappa shape index (κ2) is 7.27. The van der Waals surface area contributed by atoms with E-state index < -0.39 is 0 Å². The number of aromatic nitrogens is 1. The molecule has 0 atom stereocenters. The molecule has 1 heterocycles. The molecule has 0 aliphatic heterocycles. The number of hydrogen-bond acceptors (Lipinski definition) is 5. The Morgan fingerprint density at radius 1 is 1.38 bits per heavy atom. The van der Waals surface area contributed by atoms with E-state index in [1.54, 1.807) is 25.6 Å². The number of methoxy groups -OCH3 is 2. The lowest BCUT2D eigenvalue weighted by Gasteiger charge is -2.09. The van der Waals surface area contributed by atoms with E-state index in [2.05, 4.69) is 18.8 Å². The molecule has 1 rings (SSSR count). The first-order chi connectivity index (χ1) is 7.67. The second-order valence-electron chi connectivity index (χ2n) is 3.88. The van der Waals surface area contributed by atoms with E-state index in [9.17, 15) is 0 Å². The van der Waals surface area contributed by atoms with Gasteiger partial charge in [0, 0.05) is 25.4 Å². The Morgan fingerprint density at radius 2 is 2.06 bits per heavy atom. The van der Waals surface area contributed by atoms with Crippen LogP contribution in [-0.4, -0.2) is 25.0 Å². The molecule has 0 bridgehead atoms. The zero-order valence-corrected chi connectivity index (χ0v) is 11.9. The van der Waals surface area contributed by atoms with Crippen molar-refractivity contribution in [3.05, 3.63) is 16.1 Å². The number of nitrogens with zero attached hydrogens (tertiary/aromatic N) is 1. The minimum absolute atomic E-state index is 0.333. The van der Waals surface area contributed by atoms with Gasteiger partial charge in [-0.2, -0.15) is 11.8 Å². The fourth-order valence-corrected chi connectivity index (χ4v) is 3.15. The molecule has 92 valence electrons. The first-order valence-corrected chi connectivity index (χ1v) is 7.28. The Morgan fingerprint density at radius 3 is 2.62 bits per heavy atom. The van der Waals surface area contributed by atoms with Crippen molar-refractivity contribution in [1.29, 1.82) is 0 Å². The number of rotatable bonds is 7. The molecule has 1 aromatic heterocycles. The number of ether oxygens (including phenoxy) is 2. The Kier molecular flexibility index (Phi) is 6.34. The van der Waals surface area contributed by atoms with E-state index in [0.29, 0.717) is 0 Å². The number of thiazole rings is 1. The molecule has 0 fully saturated rings. The van der Waals surface area contributed by atoms with Crippen LogP contribution in [0.5, 0.6) is 0 Å². The lowest BCUT2D eigenvalue weighted by atomic mass is 10.3. The Bertz CT molecular complexity index is 298. The average Bonchev–Trinajstić information content (AvgIpc) is 2.68. The zero-order valence-electron chi connectivity index (χ0n) is 10.2. The van der Waals surface area contributed by atoms with Crippen LogP contribution in [0.25, 0.3) is 0 Å². The minimum atomic E-state index is -0.333.